The van der Waals surface area contributed by atoms with Gasteiger partial charge in [0.1, 0.15) is 0 Å². The van der Waals surface area contributed by atoms with Crippen LogP contribution in [-0.2, 0) is 11.3 Å². The molecule has 0 radical (unpaired) electrons. The quantitative estimate of drug-likeness (QED) is 0.591. The molecular formula is C26H29N3O4. The molecule has 1 atom stereocenters. The maximum absolute atomic E-state index is 13.1. The third-order valence-corrected chi connectivity index (χ3v) is 6.57. The van der Waals surface area contributed by atoms with E-state index in [1.165, 1.54) is 0 Å². The van der Waals surface area contributed by atoms with Gasteiger partial charge in [-0.2, -0.15) is 0 Å². The molecule has 2 aliphatic rings. The van der Waals surface area contributed by atoms with E-state index in [9.17, 15) is 9.59 Å². The second-order valence-corrected chi connectivity index (χ2v) is 8.82. The molecule has 0 N–H and O–H groups in total. The van der Waals surface area contributed by atoms with E-state index in [0.29, 0.717) is 38.0 Å². The monoisotopic (exact) mass is 447 g/mol. The van der Waals surface area contributed by atoms with Crippen LogP contribution >= 0.6 is 0 Å². The summed E-state index contributed by atoms with van der Waals surface area (Å²) in [5.74, 6) is 1.67. The van der Waals surface area contributed by atoms with Gasteiger partial charge in [0.25, 0.3) is 5.56 Å². The van der Waals surface area contributed by atoms with Crippen molar-refractivity contribution in [2.24, 2.45) is 0 Å². The number of carbonyl (C=O) groups is 1. The molecule has 7 nitrogen and oxygen atoms in total. The van der Waals surface area contributed by atoms with Crippen LogP contribution in [0.2, 0.25) is 0 Å². The van der Waals surface area contributed by atoms with E-state index >= 15 is 0 Å². The SMILES string of the molecule is Cc1cccc2c(=O)n(CCCC(=O)N3CCCC3c3ccc4c(c3)OCCCO4)cnc12. The molecule has 7 heteroatoms. The zero-order chi connectivity index (χ0) is 22.8. The van der Waals surface area contributed by atoms with Gasteiger partial charge < -0.3 is 14.4 Å². The highest BCUT2D eigenvalue weighted by Crippen LogP contribution is 2.38. The molecule has 1 aromatic heterocycles. The second-order valence-electron chi connectivity index (χ2n) is 8.82. The highest BCUT2D eigenvalue weighted by Gasteiger charge is 2.30. The maximum atomic E-state index is 13.1. The fourth-order valence-electron chi connectivity index (χ4n) is 4.84. The summed E-state index contributed by atoms with van der Waals surface area (Å²) in [5.41, 5.74) is 2.77. The highest BCUT2D eigenvalue weighted by atomic mass is 16.5. The van der Waals surface area contributed by atoms with Crippen LogP contribution in [0.4, 0.5) is 0 Å². The van der Waals surface area contributed by atoms with E-state index in [1.54, 1.807) is 10.9 Å². The number of amides is 1. The molecule has 5 rings (SSSR count). The number of hydrogen-bond acceptors (Lipinski definition) is 5. The van der Waals surface area contributed by atoms with Crippen LogP contribution in [0.3, 0.4) is 0 Å². The summed E-state index contributed by atoms with van der Waals surface area (Å²) in [7, 11) is 0. The van der Waals surface area contributed by atoms with Gasteiger partial charge in [-0.1, -0.05) is 18.2 Å². The third kappa shape index (κ3) is 4.32. The molecule has 1 fully saturated rings. The van der Waals surface area contributed by atoms with Gasteiger partial charge in [0, 0.05) is 25.9 Å². The molecule has 1 unspecified atom stereocenters. The second kappa shape index (κ2) is 9.25. The predicted octanol–water partition coefficient (Wildman–Crippen LogP) is 4.01. The molecule has 0 aliphatic carbocycles. The number of fused-ring (bicyclic) bond motifs is 2. The smallest absolute Gasteiger partial charge is 0.261 e. The lowest BCUT2D eigenvalue weighted by atomic mass is 10.0. The highest BCUT2D eigenvalue weighted by molar-refractivity contribution is 5.80. The molecular weight excluding hydrogens is 418 g/mol. The summed E-state index contributed by atoms with van der Waals surface area (Å²) in [4.78, 5) is 32.3. The Morgan fingerprint density at radius 3 is 2.85 bits per heavy atom. The van der Waals surface area contributed by atoms with E-state index in [1.807, 2.05) is 48.2 Å². The first-order chi connectivity index (χ1) is 16.1. The van der Waals surface area contributed by atoms with Crippen molar-refractivity contribution in [3.05, 3.63) is 64.2 Å². The third-order valence-electron chi connectivity index (χ3n) is 6.57. The maximum Gasteiger partial charge on any atom is 0.261 e. The largest absolute Gasteiger partial charge is 0.490 e. The first-order valence-electron chi connectivity index (χ1n) is 11.8. The minimum Gasteiger partial charge on any atom is -0.490 e. The van der Waals surface area contributed by atoms with Crippen molar-refractivity contribution in [3.63, 3.8) is 0 Å². The van der Waals surface area contributed by atoms with Gasteiger partial charge in [-0.3, -0.25) is 14.2 Å². The van der Waals surface area contributed by atoms with Crippen LogP contribution < -0.4 is 15.0 Å². The lowest BCUT2D eigenvalue weighted by Gasteiger charge is -2.26. The molecule has 33 heavy (non-hydrogen) atoms. The number of ether oxygens (including phenoxy) is 2. The van der Waals surface area contributed by atoms with E-state index < -0.39 is 0 Å². The molecule has 0 saturated carbocycles. The van der Waals surface area contributed by atoms with Crippen molar-refractivity contribution in [1.29, 1.82) is 0 Å². The van der Waals surface area contributed by atoms with E-state index in [2.05, 4.69) is 4.98 Å². The number of para-hydroxylation sites is 1. The molecule has 2 aliphatic heterocycles. The summed E-state index contributed by atoms with van der Waals surface area (Å²) in [6.07, 6.45) is 5.39. The van der Waals surface area contributed by atoms with Crippen LogP contribution in [-0.4, -0.2) is 40.1 Å². The number of hydrogen-bond donors (Lipinski definition) is 0. The summed E-state index contributed by atoms with van der Waals surface area (Å²) >= 11 is 0. The predicted molar refractivity (Wildman–Crippen MR) is 126 cm³/mol. The number of nitrogens with zero attached hydrogens (tertiary/aromatic N) is 3. The van der Waals surface area contributed by atoms with Crippen LogP contribution in [0.1, 0.15) is 49.3 Å². The average molecular weight is 448 g/mol. The van der Waals surface area contributed by atoms with Crippen LogP contribution in [0, 0.1) is 6.92 Å². The minimum absolute atomic E-state index is 0.0533. The lowest BCUT2D eigenvalue weighted by Crippen LogP contribution is -2.31. The van der Waals surface area contributed by atoms with Gasteiger partial charge in [-0.05, 0) is 55.5 Å². The number of benzene rings is 2. The number of carbonyl (C=O) groups excluding carboxylic acids is 1. The Kier molecular flexibility index (Phi) is 6.03. The van der Waals surface area contributed by atoms with Crippen molar-refractivity contribution < 1.29 is 14.3 Å². The molecule has 172 valence electrons. The number of likely N-dealkylation sites (tertiary alicyclic amines) is 1. The number of aromatic nitrogens is 2. The fraction of sp³-hybridized carbons (Fsp3) is 0.423. The van der Waals surface area contributed by atoms with E-state index in [-0.39, 0.29) is 17.5 Å². The summed E-state index contributed by atoms with van der Waals surface area (Å²) in [6.45, 7) is 4.49. The van der Waals surface area contributed by atoms with Crippen molar-refractivity contribution in [1.82, 2.24) is 14.5 Å². The molecule has 3 aromatic rings. The van der Waals surface area contributed by atoms with Gasteiger partial charge in [0.15, 0.2) is 11.5 Å². The Balaban J connectivity index is 1.25. The summed E-state index contributed by atoms with van der Waals surface area (Å²) < 4.78 is 13.2. The standard InChI is InChI=1S/C26H29N3O4/c1-18-6-2-7-20-25(18)27-17-28(26(20)31)12-4-9-24(30)29-13-3-8-21(29)19-10-11-22-23(16-19)33-15-5-14-32-22/h2,6-7,10-11,16-17,21H,3-5,8-9,12-15H2,1H3. The normalized spacial score (nSPS) is 17.8. The zero-order valence-electron chi connectivity index (χ0n) is 19.0. The van der Waals surface area contributed by atoms with Crippen molar-refractivity contribution in [3.8, 4) is 11.5 Å². The Labute approximate surface area is 192 Å². The molecule has 1 saturated heterocycles. The molecule has 3 heterocycles. The molecule has 1 amide bonds. The number of rotatable bonds is 5. The Morgan fingerprint density at radius 1 is 1.12 bits per heavy atom. The Morgan fingerprint density at radius 2 is 1.97 bits per heavy atom. The van der Waals surface area contributed by atoms with Gasteiger partial charge in [0.2, 0.25) is 5.91 Å². The Bertz CT molecular complexity index is 1240. The van der Waals surface area contributed by atoms with Crippen LogP contribution in [0.15, 0.2) is 47.5 Å². The average Bonchev–Trinajstić information content (AvgIpc) is 3.20. The molecule has 0 spiro atoms. The minimum atomic E-state index is -0.0533. The molecule has 0 bridgehead atoms. The van der Waals surface area contributed by atoms with Crippen LogP contribution in [0.5, 0.6) is 11.5 Å². The zero-order valence-corrected chi connectivity index (χ0v) is 19.0. The topological polar surface area (TPSA) is 73.7 Å². The van der Waals surface area contributed by atoms with Crippen molar-refractivity contribution >= 4 is 16.8 Å². The molecule has 2 aromatic carbocycles. The first-order valence-corrected chi connectivity index (χ1v) is 11.8. The van der Waals surface area contributed by atoms with Crippen molar-refractivity contribution in [2.75, 3.05) is 19.8 Å². The van der Waals surface area contributed by atoms with E-state index in [4.69, 9.17) is 9.47 Å². The first kappa shape index (κ1) is 21.5. The number of aryl methyl sites for hydroxylation is 2. The van der Waals surface area contributed by atoms with Crippen molar-refractivity contribution in [2.45, 2.75) is 51.6 Å². The summed E-state index contributed by atoms with van der Waals surface area (Å²) in [6, 6.07) is 11.7. The van der Waals surface area contributed by atoms with Gasteiger partial charge in [-0.15, -0.1) is 0 Å². The van der Waals surface area contributed by atoms with Gasteiger partial charge in [0.05, 0.1) is 36.5 Å². The summed E-state index contributed by atoms with van der Waals surface area (Å²) in [5, 5.41) is 0.623. The van der Waals surface area contributed by atoms with E-state index in [0.717, 1.165) is 53.9 Å². The fourth-order valence-corrected chi connectivity index (χ4v) is 4.84. The van der Waals surface area contributed by atoms with Gasteiger partial charge >= 0.3 is 0 Å². The Hall–Kier alpha value is -3.35. The van der Waals surface area contributed by atoms with Crippen LogP contribution in [0.25, 0.3) is 10.9 Å². The van der Waals surface area contributed by atoms with Gasteiger partial charge in [-0.25, -0.2) is 4.98 Å². The lowest BCUT2D eigenvalue weighted by molar-refractivity contribution is -0.132.